The monoisotopic (exact) mass is 451 g/mol. The average molecular weight is 452 g/mol. The first-order chi connectivity index (χ1) is 15.6. The van der Waals surface area contributed by atoms with E-state index in [4.69, 9.17) is 4.74 Å². The van der Waals surface area contributed by atoms with Crippen LogP contribution >= 0.6 is 0 Å². The molecule has 1 atom stereocenters. The summed E-state index contributed by atoms with van der Waals surface area (Å²) in [5.74, 6) is -0.722. The number of amides is 1. The maximum Gasteiger partial charge on any atom is 0.295 e. The number of carbonyl (C=O) groups is 2. The molecule has 2 aromatic carbocycles. The van der Waals surface area contributed by atoms with Gasteiger partial charge in [-0.2, -0.15) is 0 Å². The summed E-state index contributed by atoms with van der Waals surface area (Å²) in [5.41, 5.74) is 4.01. The fourth-order valence-electron chi connectivity index (χ4n) is 4.13. The van der Waals surface area contributed by atoms with Crippen LogP contribution in [-0.2, 0) is 9.59 Å². The predicted octanol–water partition coefficient (Wildman–Crippen LogP) is 3.36. The van der Waals surface area contributed by atoms with Crippen molar-refractivity contribution < 1.29 is 19.4 Å². The van der Waals surface area contributed by atoms with Gasteiger partial charge in [0.25, 0.3) is 11.7 Å². The molecule has 1 N–H and O–H groups in total. The number of nitrogens with zero attached hydrogens (tertiary/aromatic N) is 3. The summed E-state index contributed by atoms with van der Waals surface area (Å²) in [4.78, 5) is 31.8. The molecule has 1 amide bonds. The van der Waals surface area contributed by atoms with Crippen molar-refractivity contribution in [2.24, 2.45) is 0 Å². The van der Waals surface area contributed by atoms with Crippen LogP contribution in [0.2, 0.25) is 0 Å². The molecule has 0 saturated carbocycles. The zero-order valence-electron chi connectivity index (χ0n) is 20.5. The van der Waals surface area contributed by atoms with Crippen LogP contribution in [0.4, 0.5) is 5.69 Å². The molecule has 1 heterocycles. The lowest BCUT2D eigenvalue weighted by Crippen LogP contribution is -2.35. The van der Waals surface area contributed by atoms with Gasteiger partial charge in [-0.05, 0) is 68.9 Å². The van der Waals surface area contributed by atoms with Crippen molar-refractivity contribution in [2.75, 3.05) is 53.3 Å². The Morgan fingerprint density at radius 3 is 2.21 bits per heavy atom. The Bertz CT molecular complexity index is 1090. The maximum atomic E-state index is 13.2. The number of Topliss-reactive ketones (excluding diaryl/α,β-unsaturated/α-hetero) is 1. The molecular weight excluding hydrogens is 418 g/mol. The minimum absolute atomic E-state index is 0.115. The molecule has 0 aromatic heterocycles. The van der Waals surface area contributed by atoms with Crippen molar-refractivity contribution >= 4 is 23.1 Å². The Morgan fingerprint density at radius 1 is 1.03 bits per heavy atom. The Morgan fingerprint density at radius 2 is 1.67 bits per heavy atom. The minimum Gasteiger partial charge on any atom is -0.507 e. The molecule has 1 aliphatic heterocycles. The molecule has 1 aliphatic rings. The van der Waals surface area contributed by atoms with E-state index in [1.807, 2.05) is 82.2 Å². The van der Waals surface area contributed by atoms with Crippen molar-refractivity contribution in [1.29, 1.82) is 0 Å². The van der Waals surface area contributed by atoms with Gasteiger partial charge in [0.05, 0.1) is 18.7 Å². The number of aliphatic hydroxyl groups excluding tert-OH is 1. The number of benzene rings is 2. The van der Waals surface area contributed by atoms with Gasteiger partial charge in [0.2, 0.25) is 0 Å². The van der Waals surface area contributed by atoms with Gasteiger partial charge in [-0.15, -0.1) is 0 Å². The summed E-state index contributed by atoms with van der Waals surface area (Å²) >= 11 is 0. The molecule has 3 rings (SSSR count). The van der Waals surface area contributed by atoms with E-state index >= 15 is 0 Å². The molecule has 1 unspecified atom stereocenters. The van der Waals surface area contributed by atoms with Crippen molar-refractivity contribution in [2.45, 2.75) is 19.9 Å². The summed E-state index contributed by atoms with van der Waals surface area (Å²) in [7, 11) is 9.33. The van der Waals surface area contributed by atoms with Gasteiger partial charge in [-0.1, -0.05) is 12.1 Å². The predicted molar refractivity (Wildman–Crippen MR) is 131 cm³/mol. The van der Waals surface area contributed by atoms with Crippen LogP contribution in [0.5, 0.6) is 5.75 Å². The van der Waals surface area contributed by atoms with Crippen LogP contribution in [0.15, 0.2) is 42.0 Å². The van der Waals surface area contributed by atoms with E-state index in [2.05, 4.69) is 0 Å². The molecule has 1 saturated heterocycles. The summed E-state index contributed by atoms with van der Waals surface area (Å²) in [5, 5.41) is 11.4. The number of hydrogen-bond acceptors (Lipinski definition) is 6. The van der Waals surface area contributed by atoms with Crippen LogP contribution in [0.25, 0.3) is 5.76 Å². The van der Waals surface area contributed by atoms with Gasteiger partial charge >= 0.3 is 0 Å². The second-order valence-corrected chi connectivity index (χ2v) is 8.92. The first-order valence-electron chi connectivity index (χ1n) is 10.9. The Labute approximate surface area is 195 Å². The van der Waals surface area contributed by atoms with Gasteiger partial charge in [-0.25, -0.2) is 0 Å². The highest BCUT2D eigenvalue weighted by atomic mass is 16.5. The molecule has 1 fully saturated rings. The highest BCUT2D eigenvalue weighted by Crippen LogP contribution is 2.40. The van der Waals surface area contributed by atoms with Gasteiger partial charge in [0, 0.05) is 38.4 Å². The number of anilines is 1. The van der Waals surface area contributed by atoms with E-state index in [0.717, 1.165) is 22.4 Å². The number of aryl methyl sites for hydroxylation is 2. The molecule has 2 aromatic rings. The van der Waals surface area contributed by atoms with Crippen LogP contribution < -0.4 is 9.64 Å². The minimum atomic E-state index is -0.666. The normalized spacial score (nSPS) is 17.7. The quantitative estimate of drug-likeness (QED) is 0.395. The van der Waals surface area contributed by atoms with Crippen LogP contribution in [-0.4, -0.2) is 75.0 Å². The van der Waals surface area contributed by atoms with E-state index < -0.39 is 17.7 Å². The number of carbonyl (C=O) groups excluding carboxylic acids is 2. The molecule has 7 nitrogen and oxygen atoms in total. The summed E-state index contributed by atoms with van der Waals surface area (Å²) < 4.78 is 5.38. The molecule has 7 heteroatoms. The summed E-state index contributed by atoms with van der Waals surface area (Å²) in [6.07, 6.45) is 0. The van der Waals surface area contributed by atoms with E-state index in [9.17, 15) is 14.7 Å². The Kier molecular flexibility index (Phi) is 7.12. The number of methoxy groups -OCH3 is 1. The zero-order chi connectivity index (χ0) is 24.4. The number of aliphatic hydroxyl groups is 1. The van der Waals surface area contributed by atoms with Gasteiger partial charge < -0.3 is 24.5 Å². The maximum absolute atomic E-state index is 13.2. The standard InChI is InChI=1S/C26H33N3O4/c1-16-15-21(33-7)17(2)14-20(16)24(30)22-23(18-8-10-19(11-9-18)28(5)6)29(13-12-27(3)4)26(32)25(22)31/h8-11,14-15,23,30H,12-13H2,1-7H3/b24-22+. The van der Waals surface area contributed by atoms with Crippen molar-refractivity contribution in [1.82, 2.24) is 9.80 Å². The van der Waals surface area contributed by atoms with Crippen molar-refractivity contribution in [3.8, 4) is 5.75 Å². The molecule has 0 spiro atoms. The fraction of sp³-hybridized carbons (Fsp3) is 0.385. The summed E-state index contributed by atoms with van der Waals surface area (Å²) in [6.45, 7) is 4.69. The largest absolute Gasteiger partial charge is 0.507 e. The Hall–Kier alpha value is -3.32. The first-order valence-corrected chi connectivity index (χ1v) is 10.9. The smallest absolute Gasteiger partial charge is 0.295 e. The van der Waals surface area contributed by atoms with Crippen molar-refractivity contribution in [3.63, 3.8) is 0 Å². The highest BCUT2D eigenvalue weighted by molar-refractivity contribution is 6.46. The molecule has 176 valence electrons. The highest BCUT2D eigenvalue weighted by Gasteiger charge is 2.46. The molecule has 0 aliphatic carbocycles. The fourth-order valence-corrected chi connectivity index (χ4v) is 4.13. The SMILES string of the molecule is COc1cc(C)c(/C(O)=C2\C(=O)C(=O)N(CCN(C)C)C2c2ccc(N(C)C)cc2)cc1C. The van der Waals surface area contributed by atoms with Gasteiger partial charge in [0.1, 0.15) is 11.5 Å². The second kappa shape index (κ2) is 9.67. The lowest BCUT2D eigenvalue weighted by atomic mass is 9.93. The zero-order valence-corrected chi connectivity index (χ0v) is 20.5. The van der Waals surface area contributed by atoms with Crippen molar-refractivity contribution in [3.05, 3.63) is 64.2 Å². The van der Waals surface area contributed by atoms with Crippen LogP contribution in [0.3, 0.4) is 0 Å². The third kappa shape index (κ3) is 4.73. The number of hydrogen-bond donors (Lipinski definition) is 1. The third-order valence-corrected chi connectivity index (χ3v) is 6.05. The van der Waals surface area contributed by atoms with E-state index in [-0.39, 0.29) is 11.3 Å². The number of likely N-dealkylation sites (N-methyl/N-ethyl adjacent to an activating group) is 1. The number of rotatable bonds is 7. The number of ether oxygens (including phenoxy) is 1. The lowest BCUT2D eigenvalue weighted by molar-refractivity contribution is -0.140. The van der Waals surface area contributed by atoms with Gasteiger partial charge in [0.15, 0.2) is 0 Å². The third-order valence-electron chi connectivity index (χ3n) is 6.05. The van der Waals surface area contributed by atoms with E-state index in [0.29, 0.717) is 24.4 Å². The first kappa shape index (κ1) is 24.3. The molecule has 0 bridgehead atoms. The molecular formula is C26H33N3O4. The van der Waals surface area contributed by atoms with Crippen LogP contribution in [0, 0.1) is 13.8 Å². The van der Waals surface area contributed by atoms with Crippen LogP contribution in [0.1, 0.15) is 28.3 Å². The molecule has 0 radical (unpaired) electrons. The second-order valence-electron chi connectivity index (χ2n) is 8.92. The summed E-state index contributed by atoms with van der Waals surface area (Å²) in [6, 6.07) is 10.7. The average Bonchev–Trinajstić information content (AvgIpc) is 3.03. The van der Waals surface area contributed by atoms with E-state index in [1.54, 1.807) is 18.1 Å². The number of ketones is 1. The lowest BCUT2D eigenvalue weighted by Gasteiger charge is -2.27. The Balaban J connectivity index is 2.19. The topological polar surface area (TPSA) is 73.3 Å². The van der Waals surface area contributed by atoms with Gasteiger partial charge in [-0.3, -0.25) is 9.59 Å². The molecule has 33 heavy (non-hydrogen) atoms. The number of likely N-dealkylation sites (tertiary alicyclic amines) is 1. The van der Waals surface area contributed by atoms with E-state index in [1.165, 1.54) is 0 Å².